The zero-order chi connectivity index (χ0) is 13.1. The highest BCUT2D eigenvalue weighted by atomic mass is 32.2. The Hall–Kier alpha value is -0.850. The van der Waals surface area contributed by atoms with Crippen molar-refractivity contribution in [1.29, 1.82) is 0 Å². The van der Waals surface area contributed by atoms with Crippen molar-refractivity contribution in [2.24, 2.45) is 0 Å². The summed E-state index contributed by atoms with van der Waals surface area (Å²) in [5.74, 6) is 2.27. The Balaban J connectivity index is 1.56. The van der Waals surface area contributed by atoms with Crippen LogP contribution in [0.2, 0.25) is 0 Å². The van der Waals surface area contributed by atoms with E-state index in [-0.39, 0.29) is 5.82 Å². The number of anilines is 1. The minimum absolute atomic E-state index is 0.200. The lowest BCUT2D eigenvalue weighted by Crippen LogP contribution is -2.36. The summed E-state index contributed by atoms with van der Waals surface area (Å²) in [5.41, 5.74) is 0.864. The monoisotopic (exact) mass is 297 g/mol. The molecule has 2 aromatic rings. The van der Waals surface area contributed by atoms with E-state index in [1.54, 1.807) is 12.1 Å². The number of rotatable bonds is 4. The first-order chi connectivity index (χ1) is 9.31. The van der Waals surface area contributed by atoms with Gasteiger partial charge in [-0.25, -0.2) is 9.37 Å². The molecule has 0 amide bonds. The maximum atomic E-state index is 13.1. The van der Waals surface area contributed by atoms with Crippen LogP contribution in [-0.2, 0) is 0 Å². The van der Waals surface area contributed by atoms with E-state index >= 15 is 0 Å². The van der Waals surface area contributed by atoms with Crippen LogP contribution in [0.5, 0.6) is 0 Å². The van der Waals surface area contributed by atoms with E-state index in [1.807, 2.05) is 11.8 Å². The standard InChI is InChI=1S/C13H16FN3S2/c14-10-1-2-11-12(9-10)19-13(16-11)15-3-4-17-5-7-18-8-6-17/h1-2,9H,3-8H2,(H,15,16). The van der Waals surface area contributed by atoms with Gasteiger partial charge in [-0.3, -0.25) is 4.90 Å². The van der Waals surface area contributed by atoms with Crippen molar-refractivity contribution in [3.05, 3.63) is 24.0 Å². The highest BCUT2D eigenvalue weighted by molar-refractivity contribution is 7.99. The molecule has 1 aromatic heterocycles. The number of aromatic nitrogens is 1. The summed E-state index contributed by atoms with van der Waals surface area (Å²) in [6.07, 6.45) is 0. The van der Waals surface area contributed by atoms with E-state index in [4.69, 9.17) is 0 Å². The Morgan fingerprint density at radius 3 is 3.00 bits per heavy atom. The van der Waals surface area contributed by atoms with Gasteiger partial charge in [0.2, 0.25) is 0 Å². The molecule has 1 N–H and O–H groups in total. The fraction of sp³-hybridized carbons (Fsp3) is 0.462. The highest BCUT2D eigenvalue weighted by Crippen LogP contribution is 2.26. The Morgan fingerprint density at radius 1 is 1.32 bits per heavy atom. The molecule has 0 unspecified atom stereocenters. The van der Waals surface area contributed by atoms with Crippen molar-refractivity contribution in [3.63, 3.8) is 0 Å². The summed E-state index contributed by atoms with van der Waals surface area (Å²) in [6, 6.07) is 4.73. The number of nitrogens with one attached hydrogen (secondary N) is 1. The van der Waals surface area contributed by atoms with Crippen LogP contribution in [0.25, 0.3) is 10.2 Å². The van der Waals surface area contributed by atoms with Gasteiger partial charge in [0.05, 0.1) is 10.2 Å². The van der Waals surface area contributed by atoms with Gasteiger partial charge < -0.3 is 5.32 Å². The van der Waals surface area contributed by atoms with Gasteiger partial charge in [-0.15, -0.1) is 0 Å². The van der Waals surface area contributed by atoms with Gasteiger partial charge >= 0.3 is 0 Å². The average Bonchev–Trinajstić information content (AvgIpc) is 2.82. The third-order valence-electron chi connectivity index (χ3n) is 3.16. The first kappa shape index (κ1) is 13.1. The molecule has 0 spiro atoms. The van der Waals surface area contributed by atoms with Crippen LogP contribution in [-0.4, -0.2) is 47.6 Å². The van der Waals surface area contributed by atoms with Crippen LogP contribution in [0.1, 0.15) is 0 Å². The van der Waals surface area contributed by atoms with Crippen molar-refractivity contribution in [2.45, 2.75) is 0 Å². The number of benzene rings is 1. The van der Waals surface area contributed by atoms with Crippen LogP contribution in [0.15, 0.2) is 18.2 Å². The largest absolute Gasteiger partial charge is 0.360 e. The van der Waals surface area contributed by atoms with Crippen molar-refractivity contribution >= 4 is 38.4 Å². The Kier molecular flexibility index (Phi) is 4.20. The molecule has 2 heterocycles. The maximum Gasteiger partial charge on any atom is 0.183 e. The lowest BCUT2D eigenvalue weighted by atomic mass is 10.3. The molecule has 1 fully saturated rings. The highest BCUT2D eigenvalue weighted by Gasteiger charge is 2.10. The van der Waals surface area contributed by atoms with Crippen LogP contribution in [0.4, 0.5) is 9.52 Å². The van der Waals surface area contributed by atoms with E-state index in [2.05, 4.69) is 15.2 Å². The SMILES string of the molecule is Fc1ccc2nc(NCCN3CCSCC3)sc2c1. The minimum Gasteiger partial charge on any atom is -0.360 e. The molecule has 0 atom stereocenters. The summed E-state index contributed by atoms with van der Waals surface area (Å²) in [6.45, 7) is 4.30. The first-order valence-corrected chi connectivity index (χ1v) is 8.38. The maximum absolute atomic E-state index is 13.1. The predicted octanol–water partition coefficient (Wildman–Crippen LogP) is 2.90. The molecule has 0 bridgehead atoms. The number of nitrogens with zero attached hydrogens (tertiary/aromatic N) is 2. The van der Waals surface area contributed by atoms with Crippen LogP contribution in [0, 0.1) is 5.82 Å². The molecule has 6 heteroatoms. The molecule has 0 saturated carbocycles. The van der Waals surface area contributed by atoms with E-state index in [0.29, 0.717) is 0 Å². The average molecular weight is 297 g/mol. The normalized spacial score (nSPS) is 16.9. The van der Waals surface area contributed by atoms with Gasteiger partial charge in [0.25, 0.3) is 0 Å². The molecule has 102 valence electrons. The van der Waals surface area contributed by atoms with Gasteiger partial charge in [0, 0.05) is 37.7 Å². The van der Waals surface area contributed by atoms with Gasteiger partial charge in [0.1, 0.15) is 5.82 Å². The molecule has 0 aliphatic carbocycles. The molecule has 19 heavy (non-hydrogen) atoms. The fourth-order valence-electron chi connectivity index (χ4n) is 2.12. The van der Waals surface area contributed by atoms with E-state index in [1.165, 1.54) is 42.0 Å². The summed E-state index contributed by atoms with van der Waals surface area (Å²) in [4.78, 5) is 6.92. The number of hydrogen-bond donors (Lipinski definition) is 1. The molecule has 3 rings (SSSR count). The molecule has 1 aromatic carbocycles. The zero-order valence-corrected chi connectivity index (χ0v) is 12.2. The fourth-order valence-corrected chi connectivity index (χ4v) is 4.01. The zero-order valence-electron chi connectivity index (χ0n) is 10.6. The predicted molar refractivity (Wildman–Crippen MR) is 81.8 cm³/mol. The number of hydrogen-bond acceptors (Lipinski definition) is 5. The summed E-state index contributed by atoms with van der Waals surface area (Å²) >= 11 is 3.54. The first-order valence-electron chi connectivity index (χ1n) is 6.41. The van der Waals surface area contributed by atoms with Gasteiger partial charge in [-0.2, -0.15) is 11.8 Å². The van der Waals surface area contributed by atoms with Crippen molar-refractivity contribution < 1.29 is 4.39 Å². The van der Waals surface area contributed by atoms with Crippen molar-refractivity contribution in [3.8, 4) is 0 Å². The van der Waals surface area contributed by atoms with Gasteiger partial charge in [0.15, 0.2) is 5.13 Å². The summed E-state index contributed by atoms with van der Waals surface area (Å²) in [7, 11) is 0. The smallest absolute Gasteiger partial charge is 0.183 e. The Bertz CT molecular complexity index is 552. The van der Waals surface area contributed by atoms with Crippen molar-refractivity contribution in [1.82, 2.24) is 9.88 Å². The number of halogens is 1. The lowest BCUT2D eigenvalue weighted by molar-refractivity contribution is 0.314. The molecule has 3 nitrogen and oxygen atoms in total. The van der Waals surface area contributed by atoms with E-state index < -0.39 is 0 Å². The second-order valence-electron chi connectivity index (χ2n) is 4.51. The van der Waals surface area contributed by atoms with E-state index in [9.17, 15) is 4.39 Å². The van der Waals surface area contributed by atoms with Crippen molar-refractivity contribution in [2.75, 3.05) is 43.0 Å². The third kappa shape index (κ3) is 3.38. The molecule has 0 radical (unpaired) electrons. The second-order valence-corrected chi connectivity index (χ2v) is 6.77. The topological polar surface area (TPSA) is 28.2 Å². The van der Waals surface area contributed by atoms with Crippen LogP contribution < -0.4 is 5.32 Å². The van der Waals surface area contributed by atoms with E-state index in [0.717, 1.165) is 28.4 Å². The Morgan fingerprint density at radius 2 is 2.16 bits per heavy atom. The minimum atomic E-state index is -0.200. The molecular weight excluding hydrogens is 281 g/mol. The lowest BCUT2D eigenvalue weighted by Gasteiger charge is -2.25. The van der Waals surface area contributed by atoms with Gasteiger partial charge in [-0.05, 0) is 18.2 Å². The number of thioether (sulfide) groups is 1. The van der Waals surface area contributed by atoms with Gasteiger partial charge in [-0.1, -0.05) is 11.3 Å². The number of thiazole rings is 1. The molecular formula is C13H16FN3S2. The summed E-state index contributed by atoms with van der Waals surface area (Å²) in [5, 5.41) is 4.22. The Labute approximate surface area is 120 Å². The number of fused-ring (bicyclic) bond motifs is 1. The van der Waals surface area contributed by atoms with Crippen LogP contribution >= 0.6 is 23.1 Å². The molecule has 1 saturated heterocycles. The quantitative estimate of drug-likeness (QED) is 0.939. The van der Waals surface area contributed by atoms with Crippen LogP contribution in [0.3, 0.4) is 0 Å². The molecule has 1 aliphatic heterocycles. The summed E-state index contributed by atoms with van der Waals surface area (Å²) < 4.78 is 14.0. The third-order valence-corrected chi connectivity index (χ3v) is 5.08. The molecule has 1 aliphatic rings. The second kappa shape index (κ2) is 6.07.